The smallest absolute Gasteiger partial charge is 0.255 e. The lowest BCUT2D eigenvalue weighted by molar-refractivity contribution is -0.124. The monoisotopic (exact) mass is 334 g/mol. The maximum absolute atomic E-state index is 12.7. The Hall–Kier alpha value is -1.49. The number of benzene rings is 1. The molecule has 1 N–H and O–H groups in total. The van der Waals surface area contributed by atoms with Gasteiger partial charge in [0.2, 0.25) is 5.91 Å². The number of carbonyl (C=O) groups excluding carboxylic acids is 2. The van der Waals surface area contributed by atoms with Gasteiger partial charge >= 0.3 is 0 Å². The second kappa shape index (κ2) is 6.95. The fourth-order valence-corrected chi connectivity index (χ4v) is 3.67. The molecule has 1 aromatic carbocycles. The van der Waals surface area contributed by atoms with Gasteiger partial charge in [0.1, 0.15) is 6.04 Å². The van der Waals surface area contributed by atoms with Crippen LogP contribution in [0.2, 0.25) is 0 Å². The number of hydrogen-bond donors (Lipinski definition) is 1. The van der Waals surface area contributed by atoms with Crippen LogP contribution < -0.4 is 5.32 Å². The largest absolute Gasteiger partial charge is 0.352 e. The lowest BCUT2D eigenvalue weighted by atomic mass is 9.86. The van der Waals surface area contributed by atoms with E-state index in [1.165, 1.54) is 5.56 Å². The Kier molecular flexibility index (Phi) is 5.40. The fraction of sp³-hybridized carbons (Fsp3) is 0.556. The van der Waals surface area contributed by atoms with Gasteiger partial charge in [-0.3, -0.25) is 9.59 Å². The van der Waals surface area contributed by atoms with Crippen LogP contribution in [0.3, 0.4) is 0 Å². The van der Waals surface area contributed by atoms with Gasteiger partial charge in [0.15, 0.2) is 0 Å². The molecule has 2 rings (SSSR count). The zero-order chi connectivity index (χ0) is 17.2. The maximum Gasteiger partial charge on any atom is 0.255 e. The molecule has 1 aliphatic heterocycles. The van der Waals surface area contributed by atoms with E-state index in [-0.39, 0.29) is 29.3 Å². The van der Waals surface area contributed by atoms with Crippen molar-refractivity contribution in [2.75, 3.05) is 11.6 Å². The van der Waals surface area contributed by atoms with Crippen LogP contribution in [-0.2, 0) is 10.2 Å². The molecule has 1 saturated heterocycles. The highest BCUT2D eigenvalue weighted by atomic mass is 32.2. The Morgan fingerprint density at radius 1 is 1.22 bits per heavy atom. The molecule has 5 heteroatoms. The molecule has 1 fully saturated rings. The van der Waals surface area contributed by atoms with Gasteiger partial charge in [-0.1, -0.05) is 32.9 Å². The molecular weight excluding hydrogens is 308 g/mol. The second-order valence-electron chi connectivity index (χ2n) is 7.28. The van der Waals surface area contributed by atoms with Gasteiger partial charge in [-0.25, -0.2) is 0 Å². The molecule has 0 bridgehead atoms. The van der Waals surface area contributed by atoms with Crippen molar-refractivity contribution in [3.63, 3.8) is 0 Å². The van der Waals surface area contributed by atoms with Crippen LogP contribution in [-0.4, -0.2) is 40.4 Å². The summed E-state index contributed by atoms with van der Waals surface area (Å²) in [6.45, 7) is 10.3. The Labute approximate surface area is 143 Å². The van der Waals surface area contributed by atoms with Crippen LogP contribution in [0.25, 0.3) is 0 Å². The van der Waals surface area contributed by atoms with Gasteiger partial charge in [0.25, 0.3) is 5.91 Å². The topological polar surface area (TPSA) is 49.4 Å². The first kappa shape index (κ1) is 17.9. The number of nitrogens with one attached hydrogen (secondary N) is 1. The highest BCUT2D eigenvalue weighted by Crippen LogP contribution is 2.26. The Bertz CT molecular complexity index is 576. The predicted molar refractivity (Wildman–Crippen MR) is 95.7 cm³/mol. The average molecular weight is 334 g/mol. The number of carbonyl (C=O) groups is 2. The van der Waals surface area contributed by atoms with E-state index in [1.54, 1.807) is 16.7 Å². The summed E-state index contributed by atoms with van der Waals surface area (Å²) in [5.74, 6) is 1.09. The molecule has 2 amide bonds. The van der Waals surface area contributed by atoms with Gasteiger partial charge in [-0.2, -0.15) is 0 Å². The van der Waals surface area contributed by atoms with Crippen LogP contribution in [0, 0.1) is 0 Å². The summed E-state index contributed by atoms with van der Waals surface area (Å²) in [7, 11) is 0. The maximum atomic E-state index is 12.7. The third-order valence-electron chi connectivity index (χ3n) is 3.87. The van der Waals surface area contributed by atoms with E-state index in [0.29, 0.717) is 17.2 Å². The van der Waals surface area contributed by atoms with E-state index in [0.717, 1.165) is 0 Å². The zero-order valence-electron chi connectivity index (χ0n) is 14.6. The van der Waals surface area contributed by atoms with Crippen molar-refractivity contribution < 1.29 is 9.59 Å². The third kappa shape index (κ3) is 4.28. The van der Waals surface area contributed by atoms with Crippen molar-refractivity contribution in [3.05, 3.63) is 35.4 Å². The summed E-state index contributed by atoms with van der Waals surface area (Å²) in [6.07, 6.45) is 0. The number of nitrogens with zero attached hydrogens (tertiary/aromatic N) is 1. The van der Waals surface area contributed by atoms with Crippen molar-refractivity contribution in [3.8, 4) is 0 Å². The Morgan fingerprint density at radius 3 is 2.35 bits per heavy atom. The summed E-state index contributed by atoms with van der Waals surface area (Å²) in [4.78, 5) is 26.7. The standard InChI is InChI=1S/C18H26N2O2S/c1-12(2)19-16(21)15-10-23-11-20(15)17(22)13-6-8-14(9-7-13)18(3,4)5/h6-9,12,15H,10-11H2,1-5H3,(H,19,21). The Morgan fingerprint density at radius 2 is 1.83 bits per heavy atom. The molecule has 126 valence electrons. The van der Waals surface area contributed by atoms with Crippen molar-refractivity contribution in [2.24, 2.45) is 0 Å². The molecule has 1 heterocycles. The minimum Gasteiger partial charge on any atom is -0.352 e. The highest BCUT2D eigenvalue weighted by molar-refractivity contribution is 7.99. The second-order valence-corrected chi connectivity index (χ2v) is 8.28. The van der Waals surface area contributed by atoms with Crippen LogP contribution in [0.1, 0.15) is 50.5 Å². The number of hydrogen-bond acceptors (Lipinski definition) is 3. The summed E-state index contributed by atoms with van der Waals surface area (Å²) in [6, 6.07) is 7.43. The quantitative estimate of drug-likeness (QED) is 0.924. The van der Waals surface area contributed by atoms with E-state index in [4.69, 9.17) is 0 Å². The van der Waals surface area contributed by atoms with Crippen LogP contribution in [0.15, 0.2) is 24.3 Å². The number of rotatable bonds is 3. The van der Waals surface area contributed by atoms with Gasteiger partial charge in [-0.05, 0) is 37.0 Å². The molecule has 4 nitrogen and oxygen atoms in total. The molecule has 1 aliphatic rings. The van der Waals surface area contributed by atoms with Gasteiger partial charge in [-0.15, -0.1) is 11.8 Å². The molecule has 0 spiro atoms. The van der Waals surface area contributed by atoms with E-state index in [9.17, 15) is 9.59 Å². The first-order chi connectivity index (χ1) is 10.7. The van der Waals surface area contributed by atoms with E-state index < -0.39 is 0 Å². The summed E-state index contributed by atoms with van der Waals surface area (Å²) in [5, 5.41) is 2.90. The average Bonchev–Trinajstić information content (AvgIpc) is 2.94. The normalized spacial score (nSPS) is 18.3. The SMILES string of the molecule is CC(C)NC(=O)C1CSCN1C(=O)c1ccc(C(C)(C)C)cc1. The number of amides is 2. The Balaban J connectivity index is 2.14. The minimum atomic E-state index is -0.378. The van der Waals surface area contributed by atoms with Crippen molar-refractivity contribution in [2.45, 2.75) is 52.1 Å². The lowest BCUT2D eigenvalue weighted by Gasteiger charge is -2.24. The molecule has 0 aliphatic carbocycles. The van der Waals surface area contributed by atoms with Gasteiger partial charge in [0.05, 0.1) is 5.88 Å². The summed E-state index contributed by atoms with van der Waals surface area (Å²) in [5.41, 5.74) is 1.90. The van der Waals surface area contributed by atoms with E-state index in [2.05, 4.69) is 26.1 Å². The molecule has 1 unspecified atom stereocenters. The van der Waals surface area contributed by atoms with Crippen LogP contribution >= 0.6 is 11.8 Å². The van der Waals surface area contributed by atoms with Crippen molar-refractivity contribution >= 4 is 23.6 Å². The van der Waals surface area contributed by atoms with Crippen LogP contribution in [0.4, 0.5) is 0 Å². The first-order valence-corrected chi connectivity index (χ1v) is 9.15. The lowest BCUT2D eigenvalue weighted by Crippen LogP contribution is -2.48. The van der Waals surface area contributed by atoms with E-state index in [1.807, 2.05) is 38.1 Å². The molecule has 0 saturated carbocycles. The molecule has 0 aromatic heterocycles. The third-order valence-corrected chi connectivity index (χ3v) is 4.89. The number of thioether (sulfide) groups is 1. The summed E-state index contributed by atoms with van der Waals surface area (Å²) < 4.78 is 0. The van der Waals surface area contributed by atoms with Crippen molar-refractivity contribution in [1.29, 1.82) is 0 Å². The van der Waals surface area contributed by atoms with Gasteiger partial charge in [0, 0.05) is 17.4 Å². The van der Waals surface area contributed by atoms with Crippen molar-refractivity contribution in [1.82, 2.24) is 10.2 Å². The molecule has 1 aromatic rings. The zero-order valence-corrected chi connectivity index (χ0v) is 15.4. The van der Waals surface area contributed by atoms with Gasteiger partial charge < -0.3 is 10.2 Å². The fourth-order valence-electron chi connectivity index (χ4n) is 2.52. The molecule has 23 heavy (non-hydrogen) atoms. The predicted octanol–water partition coefficient (Wildman–Crippen LogP) is 3.02. The van der Waals surface area contributed by atoms with E-state index >= 15 is 0 Å². The molecule has 1 atom stereocenters. The first-order valence-electron chi connectivity index (χ1n) is 8.00. The highest BCUT2D eigenvalue weighted by Gasteiger charge is 2.35. The van der Waals surface area contributed by atoms with Crippen LogP contribution in [0.5, 0.6) is 0 Å². The molecular formula is C18H26N2O2S. The minimum absolute atomic E-state index is 0.0603. The molecule has 0 radical (unpaired) electrons. The summed E-state index contributed by atoms with van der Waals surface area (Å²) >= 11 is 1.62.